The van der Waals surface area contributed by atoms with Crippen molar-refractivity contribution in [2.45, 2.75) is 13.3 Å². The molecular weight excluding hydrogens is 422 g/mol. The van der Waals surface area contributed by atoms with E-state index < -0.39 is 24.6 Å². The first-order valence-corrected chi connectivity index (χ1v) is 8.96. The molecule has 0 amide bonds. The topological polar surface area (TPSA) is 3.24 Å². The number of alkyl halides is 2. The highest BCUT2D eigenvalue weighted by Gasteiger charge is 2.30. The molecule has 140 valence electrons. The van der Waals surface area contributed by atoms with Crippen molar-refractivity contribution in [3.05, 3.63) is 93.6 Å². The molecule has 0 saturated heterocycles. The summed E-state index contributed by atoms with van der Waals surface area (Å²) in [6.07, 6.45) is -0.989. The SMILES string of the molecule is C=C1C(C)=CC(c2ccccc2)=C(c2c(F)cc(Br)cc2F)N1CC(F)F. The minimum absolute atomic E-state index is 0.0413. The van der Waals surface area contributed by atoms with E-state index in [0.29, 0.717) is 16.7 Å². The fourth-order valence-corrected chi connectivity index (χ4v) is 3.48. The Balaban J connectivity index is 2.36. The molecule has 1 heterocycles. The minimum Gasteiger partial charge on any atom is -0.335 e. The third kappa shape index (κ3) is 3.86. The monoisotopic (exact) mass is 437 g/mol. The van der Waals surface area contributed by atoms with E-state index >= 15 is 0 Å². The van der Waals surface area contributed by atoms with Crippen molar-refractivity contribution in [2.75, 3.05) is 6.54 Å². The molecule has 0 aromatic heterocycles. The van der Waals surface area contributed by atoms with E-state index in [2.05, 4.69) is 22.5 Å². The van der Waals surface area contributed by atoms with Gasteiger partial charge in [0, 0.05) is 15.7 Å². The molecule has 27 heavy (non-hydrogen) atoms. The Kier molecular flexibility index (Phi) is 5.56. The Bertz CT molecular complexity index is 925. The first kappa shape index (κ1) is 19.4. The highest BCUT2D eigenvalue weighted by molar-refractivity contribution is 9.10. The number of benzene rings is 2. The minimum atomic E-state index is -2.71. The number of nitrogens with zero attached hydrogens (tertiary/aromatic N) is 1. The zero-order valence-corrected chi connectivity index (χ0v) is 16.0. The van der Waals surface area contributed by atoms with Crippen LogP contribution in [-0.2, 0) is 0 Å². The van der Waals surface area contributed by atoms with Gasteiger partial charge in [-0.3, -0.25) is 0 Å². The molecule has 1 aliphatic rings. The number of rotatable bonds is 4. The van der Waals surface area contributed by atoms with Gasteiger partial charge in [0.15, 0.2) is 0 Å². The van der Waals surface area contributed by atoms with Crippen LogP contribution >= 0.6 is 15.9 Å². The summed E-state index contributed by atoms with van der Waals surface area (Å²) in [5, 5.41) is 0. The van der Waals surface area contributed by atoms with Crippen LogP contribution in [0.5, 0.6) is 0 Å². The van der Waals surface area contributed by atoms with Crippen LogP contribution < -0.4 is 0 Å². The second-order valence-electron chi connectivity index (χ2n) is 6.15. The molecule has 0 atom stereocenters. The standard InChI is InChI=1S/C21H16BrF4N/c1-12-8-16(14-6-4-3-5-7-14)21(27(13(12)2)11-19(25)26)20-17(23)9-15(22)10-18(20)24/h3-10,19H,2,11H2,1H3. The zero-order chi connectivity index (χ0) is 19.7. The predicted octanol–water partition coefficient (Wildman–Crippen LogP) is 6.64. The first-order valence-electron chi connectivity index (χ1n) is 8.17. The van der Waals surface area contributed by atoms with Gasteiger partial charge >= 0.3 is 0 Å². The summed E-state index contributed by atoms with van der Waals surface area (Å²) in [5.41, 5.74) is 1.74. The lowest BCUT2D eigenvalue weighted by Crippen LogP contribution is -2.30. The van der Waals surface area contributed by atoms with Crippen LogP contribution in [-0.4, -0.2) is 17.9 Å². The molecule has 0 unspecified atom stereocenters. The largest absolute Gasteiger partial charge is 0.335 e. The van der Waals surface area contributed by atoms with E-state index in [4.69, 9.17) is 0 Å². The number of halogens is 5. The van der Waals surface area contributed by atoms with E-state index in [9.17, 15) is 17.6 Å². The highest BCUT2D eigenvalue weighted by atomic mass is 79.9. The van der Waals surface area contributed by atoms with Gasteiger partial charge < -0.3 is 4.90 Å². The lowest BCUT2D eigenvalue weighted by molar-refractivity contribution is 0.123. The van der Waals surface area contributed by atoms with Crippen LogP contribution in [0.3, 0.4) is 0 Å². The fraction of sp³-hybridized carbons (Fsp3) is 0.143. The summed E-state index contributed by atoms with van der Waals surface area (Å²) < 4.78 is 56.3. The maximum absolute atomic E-state index is 14.8. The summed E-state index contributed by atoms with van der Waals surface area (Å²) in [4.78, 5) is 1.19. The number of hydrogen-bond acceptors (Lipinski definition) is 1. The molecule has 0 fully saturated rings. The Morgan fingerprint density at radius 1 is 1.07 bits per heavy atom. The van der Waals surface area contributed by atoms with Gasteiger partial charge in [0.25, 0.3) is 6.43 Å². The Hall–Kier alpha value is -2.34. The summed E-state index contributed by atoms with van der Waals surface area (Å²) in [6, 6.07) is 11.1. The normalized spacial score (nSPS) is 14.9. The average Bonchev–Trinajstić information content (AvgIpc) is 2.60. The molecule has 6 heteroatoms. The van der Waals surface area contributed by atoms with E-state index in [0.717, 1.165) is 12.1 Å². The van der Waals surface area contributed by atoms with E-state index in [1.54, 1.807) is 43.3 Å². The first-order chi connectivity index (χ1) is 12.8. The average molecular weight is 438 g/mol. The number of hydrogen-bond donors (Lipinski definition) is 0. The molecular formula is C21H16BrF4N. The molecule has 0 saturated carbocycles. The second kappa shape index (κ2) is 7.72. The molecule has 1 nitrogen and oxygen atoms in total. The van der Waals surface area contributed by atoms with Crippen LogP contribution in [0.1, 0.15) is 18.1 Å². The van der Waals surface area contributed by atoms with Crippen molar-refractivity contribution < 1.29 is 17.6 Å². The molecule has 0 bridgehead atoms. The second-order valence-corrected chi connectivity index (χ2v) is 7.06. The van der Waals surface area contributed by atoms with E-state index in [1.807, 2.05) is 0 Å². The summed E-state index contributed by atoms with van der Waals surface area (Å²) in [6.45, 7) is 4.86. The van der Waals surface area contributed by atoms with Gasteiger partial charge in [0.05, 0.1) is 17.8 Å². The van der Waals surface area contributed by atoms with E-state index in [-0.39, 0.29) is 21.4 Å². The third-order valence-corrected chi connectivity index (χ3v) is 4.77. The van der Waals surface area contributed by atoms with Gasteiger partial charge in [-0.1, -0.05) is 52.8 Å². The van der Waals surface area contributed by atoms with Crippen molar-refractivity contribution in [3.8, 4) is 0 Å². The van der Waals surface area contributed by atoms with E-state index in [1.165, 1.54) is 4.90 Å². The summed E-state index contributed by atoms with van der Waals surface area (Å²) >= 11 is 3.05. The molecule has 0 N–H and O–H groups in total. The highest BCUT2D eigenvalue weighted by Crippen LogP contribution is 2.41. The molecule has 2 aromatic carbocycles. The smallest absolute Gasteiger partial charge is 0.256 e. The predicted molar refractivity (Wildman–Crippen MR) is 103 cm³/mol. The van der Waals surface area contributed by atoms with Gasteiger partial charge in [0.1, 0.15) is 11.6 Å². The maximum atomic E-state index is 14.8. The van der Waals surface area contributed by atoms with Crippen LogP contribution in [0.2, 0.25) is 0 Å². The van der Waals surface area contributed by atoms with Gasteiger partial charge in [-0.05, 0) is 36.3 Å². The van der Waals surface area contributed by atoms with Crippen LogP contribution in [0.15, 0.2) is 70.9 Å². The van der Waals surface area contributed by atoms with Crippen LogP contribution in [0, 0.1) is 11.6 Å². The van der Waals surface area contributed by atoms with Gasteiger partial charge in [-0.15, -0.1) is 0 Å². The molecule has 3 rings (SSSR count). The van der Waals surface area contributed by atoms with Crippen molar-refractivity contribution >= 4 is 27.2 Å². The van der Waals surface area contributed by atoms with Crippen molar-refractivity contribution in [2.24, 2.45) is 0 Å². The summed E-state index contributed by atoms with van der Waals surface area (Å²) in [7, 11) is 0. The van der Waals surface area contributed by atoms with Crippen molar-refractivity contribution in [1.82, 2.24) is 4.90 Å². The molecule has 0 spiro atoms. The third-order valence-electron chi connectivity index (χ3n) is 4.32. The Labute approximate surface area is 163 Å². The van der Waals surface area contributed by atoms with Gasteiger partial charge in [-0.25, -0.2) is 17.6 Å². The molecule has 1 aliphatic heterocycles. The quantitative estimate of drug-likeness (QED) is 0.484. The Morgan fingerprint density at radius 2 is 1.67 bits per heavy atom. The Morgan fingerprint density at radius 3 is 2.22 bits per heavy atom. The summed E-state index contributed by atoms with van der Waals surface area (Å²) in [5.74, 6) is -1.68. The molecule has 0 radical (unpaired) electrons. The fourth-order valence-electron chi connectivity index (χ4n) is 3.08. The van der Waals surface area contributed by atoms with Crippen molar-refractivity contribution in [1.29, 1.82) is 0 Å². The lowest BCUT2D eigenvalue weighted by atomic mass is 9.91. The maximum Gasteiger partial charge on any atom is 0.256 e. The van der Waals surface area contributed by atoms with Crippen LogP contribution in [0.25, 0.3) is 11.3 Å². The van der Waals surface area contributed by atoms with Crippen LogP contribution in [0.4, 0.5) is 17.6 Å². The van der Waals surface area contributed by atoms with Crippen molar-refractivity contribution in [3.63, 3.8) is 0 Å². The lowest BCUT2D eigenvalue weighted by Gasteiger charge is -2.35. The molecule has 0 aliphatic carbocycles. The van der Waals surface area contributed by atoms with Gasteiger partial charge in [-0.2, -0.15) is 0 Å². The molecule has 2 aromatic rings. The number of allylic oxidation sites excluding steroid dienone is 3. The van der Waals surface area contributed by atoms with Gasteiger partial charge in [0.2, 0.25) is 0 Å². The zero-order valence-electron chi connectivity index (χ0n) is 14.4.